The predicted octanol–water partition coefficient (Wildman–Crippen LogP) is 2.01. The zero-order chi connectivity index (χ0) is 15.0. The van der Waals surface area contributed by atoms with Gasteiger partial charge in [-0.05, 0) is 19.9 Å². The molecule has 0 bridgehead atoms. The number of para-hydroxylation sites is 1. The number of carbonyl (C=O) groups excluding carboxylic acids is 1. The number of benzene rings is 1. The molecule has 1 aromatic carbocycles. The van der Waals surface area contributed by atoms with E-state index in [1.807, 2.05) is 25.1 Å². The lowest BCUT2D eigenvalue weighted by molar-refractivity contribution is 0.217. The van der Waals surface area contributed by atoms with Crippen LogP contribution in [0.3, 0.4) is 0 Å². The quantitative estimate of drug-likeness (QED) is 0.751. The summed E-state index contributed by atoms with van der Waals surface area (Å²) in [7, 11) is 3.45. The van der Waals surface area contributed by atoms with Crippen molar-refractivity contribution in [1.29, 1.82) is 0 Å². The lowest BCUT2D eigenvalue weighted by atomic mass is 10.1. The Morgan fingerprint density at radius 1 is 1.30 bits per heavy atom. The number of hydrogen-bond acceptors (Lipinski definition) is 3. The molecule has 0 aliphatic carbocycles. The van der Waals surface area contributed by atoms with E-state index in [1.54, 1.807) is 14.1 Å². The van der Waals surface area contributed by atoms with Crippen LogP contribution in [0.1, 0.15) is 25.5 Å². The third-order valence-electron chi connectivity index (χ3n) is 2.94. The average molecular weight is 279 g/mol. The Bertz CT molecular complexity index is 421. The summed E-state index contributed by atoms with van der Waals surface area (Å²) in [5.74, 6) is 0.910. The summed E-state index contributed by atoms with van der Waals surface area (Å²) in [4.78, 5) is 12.9. The zero-order valence-corrected chi connectivity index (χ0v) is 12.8. The van der Waals surface area contributed by atoms with Gasteiger partial charge < -0.3 is 20.3 Å². The van der Waals surface area contributed by atoms with Crippen LogP contribution in [-0.4, -0.2) is 44.7 Å². The molecule has 1 rings (SSSR count). The van der Waals surface area contributed by atoms with Crippen molar-refractivity contribution in [1.82, 2.24) is 15.5 Å². The van der Waals surface area contributed by atoms with Crippen molar-refractivity contribution < 1.29 is 9.53 Å². The van der Waals surface area contributed by atoms with Gasteiger partial charge in [-0.1, -0.05) is 18.2 Å². The fourth-order valence-electron chi connectivity index (χ4n) is 1.85. The van der Waals surface area contributed by atoms with Gasteiger partial charge in [0.05, 0.1) is 6.61 Å². The highest BCUT2D eigenvalue weighted by atomic mass is 16.5. The van der Waals surface area contributed by atoms with Gasteiger partial charge in [-0.3, -0.25) is 0 Å². The summed E-state index contributed by atoms with van der Waals surface area (Å²) in [6, 6.07) is 8.11. The Labute approximate surface area is 121 Å². The summed E-state index contributed by atoms with van der Waals surface area (Å²) in [6.07, 6.45) is 0. The molecule has 5 heteroatoms. The molecule has 1 unspecified atom stereocenters. The lowest BCUT2D eigenvalue weighted by Gasteiger charge is -2.18. The third-order valence-corrected chi connectivity index (χ3v) is 2.94. The van der Waals surface area contributed by atoms with E-state index in [2.05, 4.69) is 23.6 Å². The van der Waals surface area contributed by atoms with Crippen LogP contribution in [0, 0.1) is 0 Å². The highest BCUT2D eigenvalue weighted by Crippen LogP contribution is 2.24. The Kier molecular flexibility index (Phi) is 6.87. The van der Waals surface area contributed by atoms with Crippen LogP contribution in [0.15, 0.2) is 24.3 Å². The number of rotatable bonds is 7. The second kappa shape index (κ2) is 8.43. The molecule has 0 radical (unpaired) electrons. The molecule has 0 aromatic heterocycles. The minimum Gasteiger partial charge on any atom is -0.494 e. The number of carbonyl (C=O) groups is 1. The monoisotopic (exact) mass is 279 g/mol. The minimum absolute atomic E-state index is 0.0748. The maximum absolute atomic E-state index is 11.4. The first-order valence-electron chi connectivity index (χ1n) is 6.96. The number of urea groups is 1. The summed E-state index contributed by atoms with van der Waals surface area (Å²) >= 11 is 0. The van der Waals surface area contributed by atoms with E-state index >= 15 is 0 Å². The molecule has 2 N–H and O–H groups in total. The first kappa shape index (κ1) is 16.3. The summed E-state index contributed by atoms with van der Waals surface area (Å²) in [5, 5.41) is 6.20. The molecule has 20 heavy (non-hydrogen) atoms. The standard InChI is InChI=1S/C15H25N3O2/c1-5-20-14-9-7-6-8-13(14)12(2)16-10-11-17-15(19)18(3)4/h6-9,12,16H,5,10-11H2,1-4H3,(H,17,19). The molecule has 112 valence electrons. The molecular weight excluding hydrogens is 254 g/mol. The molecule has 1 aromatic rings. The molecule has 0 aliphatic rings. The van der Waals surface area contributed by atoms with E-state index in [0.29, 0.717) is 19.7 Å². The van der Waals surface area contributed by atoms with Gasteiger partial charge in [0.1, 0.15) is 5.75 Å². The Hall–Kier alpha value is -1.75. The normalized spacial score (nSPS) is 11.8. The van der Waals surface area contributed by atoms with Crippen LogP contribution < -0.4 is 15.4 Å². The first-order valence-corrected chi connectivity index (χ1v) is 6.96. The van der Waals surface area contributed by atoms with Crippen molar-refractivity contribution in [3.8, 4) is 5.75 Å². The molecule has 0 spiro atoms. The van der Waals surface area contributed by atoms with Gasteiger partial charge in [0.2, 0.25) is 0 Å². The predicted molar refractivity (Wildman–Crippen MR) is 81.1 cm³/mol. The third kappa shape index (κ3) is 5.09. The van der Waals surface area contributed by atoms with Crippen molar-refractivity contribution in [2.75, 3.05) is 33.8 Å². The van der Waals surface area contributed by atoms with Crippen molar-refractivity contribution >= 4 is 6.03 Å². The van der Waals surface area contributed by atoms with Crippen molar-refractivity contribution in [2.24, 2.45) is 0 Å². The molecule has 2 amide bonds. The van der Waals surface area contributed by atoms with Crippen LogP contribution >= 0.6 is 0 Å². The van der Waals surface area contributed by atoms with Gasteiger partial charge in [0, 0.05) is 38.8 Å². The maximum Gasteiger partial charge on any atom is 0.316 e. The van der Waals surface area contributed by atoms with Gasteiger partial charge in [0.25, 0.3) is 0 Å². The smallest absolute Gasteiger partial charge is 0.316 e. The molecule has 0 aliphatic heterocycles. The van der Waals surface area contributed by atoms with E-state index < -0.39 is 0 Å². The highest BCUT2D eigenvalue weighted by molar-refractivity contribution is 5.73. The van der Waals surface area contributed by atoms with E-state index in [4.69, 9.17) is 4.74 Å². The highest BCUT2D eigenvalue weighted by Gasteiger charge is 2.10. The van der Waals surface area contributed by atoms with Crippen molar-refractivity contribution in [3.05, 3.63) is 29.8 Å². The van der Waals surface area contributed by atoms with E-state index in [-0.39, 0.29) is 12.1 Å². The second-order valence-electron chi connectivity index (χ2n) is 4.77. The molecular formula is C15H25N3O2. The van der Waals surface area contributed by atoms with Crippen LogP contribution in [0.4, 0.5) is 4.79 Å². The maximum atomic E-state index is 11.4. The fourth-order valence-corrected chi connectivity index (χ4v) is 1.85. The minimum atomic E-state index is -0.0748. The van der Waals surface area contributed by atoms with E-state index in [9.17, 15) is 4.79 Å². The number of nitrogens with one attached hydrogen (secondary N) is 2. The van der Waals surface area contributed by atoms with Gasteiger partial charge in [-0.2, -0.15) is 0 Å². The van der Waals surface area contributed by atoms with Gasteiger partial charge >= 0.3 is 6.03 Å². The van der Waals surface area contributed by atoms with Crippen molar-refractivity contribution in [2.45, 2.75) is 19.9 Å². The van der Waals surface area contributed by atoms with E-state index in [1.165, 1.54) is 4.90 Å². The Balaban J connectivity index is 2.43. The fraction of sp³-hybridized carbons (Fsp3) is 0.533. The second-order valence-corrected chi connectivity index (χ2v) is 4.77. The summed E-state index contributed by atoms with van der Waals surface area (Å²) in [6.45, 7) is 6.03. The van der Waals surface area contributed by atoms with Crippen LogP contribution in [0.2, 0.25) is 0 Å². The molecule has 1 atom stereocenters. The first-order chi connectivity index (χ1) is 9.56. The van der Waals surface area contributed by atoms with Crippen molar-refractivity contribution in [3.63, 3.8) is 0 Å². The van der Waals surface area contributed by atoms with Gasteiger partial charge in [-0.15, -0.1) is 0 Å². The number of nitrogens with zero attached hydrogens (tertiary/aromatic N) is 1. The number of amides is 2. The SMILES string of the molecule is CCOc1ccccc1C(C)NCCNC(=O)N(C)C. The van der Waals surface area contributed by atoms with Crippen LogP contribution in [-0.2, 0) is 0 Å². The summed E-state index contributed by atoms with van der Waals surface area (Å²) in [5.41, 5.74) is 1.13. The molecule has 0 saturated heterocycles. The Morgan fingerprint density at radius 2 is 2.00 bits per heavy atom. The molecule has 5 nitrogen and oxygen atoms in total. The molecule has 0 heterocycles. The van der Waals surface area contributed by atoms with Gasteiger partial charge in [-0.25, -0.2) is 4.79 Å². The average Bonchev–Trinajstić information content (AvgIpc) is 2.44. The molecule has 0 fully saturated rings. The summed E-state index contributed by atoms with van der Waals surface area (Å²) < 4.78 is 5.62. The van der Waals surface area contributed by atoms with Crippen LogP contribution in [0.25, 0.3) is 0 Å². The zero-order valence-electron chi connectivity index (χ0n) is 12.8. The van der Waals surface area contributed by atoms with E-state index in [0.717, 1.165) is 11.3 Å². The number of hydrogen-bond donors (Lipinski definition) is 2. The number of ether oxygens (including phenoxy) is 1. The molecule has 0 saturated carbocycles. The Morgan fingerprint density at radius 3 is 2.65 bits per heavy atom. The van der Waals surface area contributed by atoms with Gasteiger partial charge in [0.15, 0.2) is 0 Å². The van der Waals surface area contributed by atoms with Crippen LogP contribution in [0.5, 0.6) is 5.75 Å². The largest absolute Gasteiger partial charge is 0.494 e. The topological polar surface area (TPSA) is 53.6 Å². The lowest BCUT2D eigenvalue weighted by Crippen LogP contribution is -2.38.